The summed E-state index contributed by atoms with van der Waals surface area (Å²) in [5, 5.41) is 10.5. The number of aryl methyl sites for hydroxylation is 1. The zero-order chi connectivity index (χ0) is 23.0. The van der Waals surface area contributed by atoms with E-state index >= 15 is 0 Å². The molecule has 10 heteroatoms. The number of sulfonamides is 1. The van der Waals surface area contributed by atoms with Crippen LogP contribution in [0.2, 0.25) is 10.0 Å². The number of fused-ring (bicyclic) bond motifs is 1. The number of carbonyl (C=O) groups is 1. The second kappa shape index (κ2) is 8.86. The van der Waals surface area contributed by atoms with Gasteiger partial charge in [0.1, 0.15) is 28.8 Å². The Morgan fingerprint density at radius 2 is 2.00 bits per heavy atom. The highest BCUT2D eigenvalue weighted by molar-refractivity contribution is 7.89. The first kappa shape index (κ1) is 22.8. The summed E-state index contributed by atoms with van der Waals surface area (Å²) in [6.07, 6.45) is 0.716. The van der Waals surface area contributed by atoms with Gasteiger partial charge in [-0.1, -0.05) is 41.4 Å². The molecule has 3 aromatic rings. The fraction of sp³-hybridized carbons (Fsp3) is 0.273. The maximum Gasteiger partial charge on any atom is 0.322 e. The lowest BCUT2D eigenvalue weighted by molar-refractivity contribution is -0.140. The number of aliphatic carboxylic acids is 1. The molecule has 1 fully saturated rings. The van der Waals surface area contributed by atoms with Crippen molar-refractivity contribution >= 4 is 50.1 Å². The van der Waals surface area contributed by atoms with E-state index < -0.39 is 22.0 Å². The third kappa shape index (κ3) is 4.15. The molecule has 1 unspecified atom stereocenters. The Morgan fingerprint density at radius 1 is 1.22 bits per heavy atom. The average molecular weight is 495 g/mol. The van der Waals surface area contributed by atoms with Crippen LogP contribution in [0.4, 0.5) is 0 Å². The lowest BCUT2D eigenvalue weighted by Gasteiger charge is -2.22. The summed E-state index contributed by atoms with van der Waals surface area (Å²) in [5.41, 5.74) is 1.80. The molecule has 7 nitrogen and oxygen atoms in total. The van der Waals surface area contributed by atoms with Gasteiger partial charge in [-0.05, 0) is 44.0 Å². The fourth-order valence-electron chi connectivity index (χ4n) is 3.79. The van der Waals surface area contributed by atoms with Crippen molar-refractivity contribution in [2.75, 3.05) is 6.54 Å². The molecule has 4 rings (SSSR count). The molecule has 1 aliphatic heterocycles. The Kier molecular flexibility index (Phi) is 6.31. The van der Waals surface area contributed by atoms with Crippen molar-refractivity contribution in [1.82, 2.24) is 9.29 Å². The third-order valence-electron chi connectivity index (χ3n) is 5.42. The van der Waals surface area contributed by atoms with Crippen molar-refractivity contribution < 1.29 is 23.1 Å². The van der Waals surface area contributed by atoms with E-state index in [2.05, 4.69) is 4.98 Å². The molecule has 0 saturated carbocycles. The van der Waals surface area contributed by atoms with Crippen LogP contribution in [0.3, 0.4) is 0 Å². The normalized spacial score (nSPS) is 17.0. The van der Waals surface area contributed by atoms with Crippen LogP contribution in [0, 0.1) is 6.92 Å². The van der Waals surface area contributed by atoms with Crippen LogP contribution in [0.1, 0.15) is 24.1 Å². The van der Waals surface area contributed by atoms with Gasteiger partial charge < -0.3 is 9.84 Å². The summed E-state index contributed by atoms with van der Waals surface area (Å²) in [7, 11) is -4.13. The van der Waals surface area contributed by atoms with Crippen molar-refractivity contribution in [3.05, 3.63) is 63.8 Å². The minimum atomic E-state index is -4.13. The standard InChI is InChI=1S/C22H20Cl2N2O5S/c1-13-7-8-14-4-2-6-18(21(14)25-13)31-12-15-16(23)9-10-19(20(15)24)32(29,30)26-11-3-5-17(26)22(27)28/h2,4,6-10,17H,3,5,11-12H2,1H3,(H,27,28). The maximum atomic E-state index is 13.2. The van der Waals surface area contributed by atoms with Gasteiger partial charge >= 0.3 is 5.97 Å². The minimum absolute atomic E-state index is 0.0852. The van der Waals surface area contributed by atoms with E-state index in [1.54, 1.807) is 6.07 Å². The number of carboxylic acids is 1. The van der Waals surface area contributed by atoms with Gasteiger partial charge in [0.25, 0.3) is 0 Å². The molecule has 1 aromatic heterocycles. The highest BCUT2D eigenvalue weighted by Crippen LogP contribution is 2.36. The molecule has 0 bridgehead atoms. The van der Waals surface area contributed by atoms with Crippen LogP contribution in [-0.2, 0) is 21.4 Å². The van der Waals surface area contributed by atoms with E-state index in [4.69, 9.17) is 27.9 Å². The summed E-state index contributed by atoms with van der Waals surface area (Å²) in [6.45, 7) is 1.91. The molecule has 1 N–H and O–H groups in total. The fourth-order valence-corrected chi connectivity index (χ4v) is 6.31. The van der Waals surface area contributed by atoms with E-state index in [-0.39, 0.29) is 34.5 Å². The number of rotatable bonds is 6. The van der Waals surface area contributed by atoms with E-state index in [1.165, 1.54) is 12.1 Å². The number of ether oxygens (including phenoxy) is 1. The van der Waals surface area contributed by atoms with Gasteiger partial charge in [0.2, 0.25) is 10.0 Å². The van der Waals surface area contributed by atoms with Gasteiger partial charge in [0.15, 0.2) is 0 Å². The van der Waals surface area contributed by atoms with Crippen LogP contribution in [0.15, 0.2) is 47.4 Å². The summed E-state index contributed by atoms with van der Waals surface area (Å²) in [4.78, 5) is 15.8. The van der Waals surface area contributed by atoms with Gasteiger partial charge in [-0.2, -0.15) is 4.31 Å². The topological polar surface area (TPSA) is 96.8 Å². The number of hydrogen-bond donors (Lipinski definition) is 1. The molecule has 0 amide bonds. The highest BCUT2D eigenvalue weighted by atomic mass is 35.5. The quantitative estimate of drug-likeness (QED) is 0.534. The first-order chi connectivity index (χ1) is 15.2. The molecule has 0 spiro atoms. The zero-order valence-corrected chi connectivity index (χ0v) is 19.4. The smallest absolute Gasteiger partial charge is 0.322 e. The largest absolute Gasteiger partial charge is 0.487 e. The summed E-state index contributed by atoms with van der Waals surface area (Å²) >= 11 is 12.8. The molecule has 0 radical (unpaired) electrons. The molecule has 32 heavy (non-hydrogen) atoms. The van der Waals surface area contributed by atoms with Crippen molar-refractivity contribution in [1.29, 1.82) is 0 Å². The van der Waals surface area contributed by atoms with Gasteiger partial charge in [-0.25, -0.2) is 13.4 Å². The Morgan fingerprint density at radius 3 is 2.75 bits per heavy atom. The second-order valence-corrected chi connectivity index (χ2v) is 10.2. The van der Waals surface area contributed by atoms with Crippen LogP contribution < -0.4 is 4.74 Å². The van der Waals surface area contributed by atoms with E-state index in [0.29, 0.717) is 23.3 Å². The number of pyridine rings is 1. The van der Waals surface area contributed by atoms with E-state index in [1.807, 2.05) is 31.2 Å². The van der Waals surface area contributed by atoms with Gasteiger partial charge in [-0.15, -0.1) is 0 Å². The molecule has 1 saturated heterocycles. The van der Waals surface area contributed by atoms with E-state index in [9.17, 15) is 18.3 Å². The van der Waals surface area contributed by atoms with Crippen LogP contribution in [0.5, 0.6) is 5.75 Å². The number of nitrogens with zero attached hydrogens (tertiary/aromatic N) is 2. The Hall–Kier alpha value is -2.39. The predicted molar refractivity (Wildman–Crippen MR) is 122 cm³/mol. The first-order valence-electron chi connectivity index (χ1n) is 9.91. The molecular formula is C22H20Cl2N2O5S. The molecule has 0 aliphatic carbocycles. The summed E-state index contributed by atoms with van der Waals surface area (Å²) < 4.78 is 33.3. The number of para-hydroxylation sites is 1. The molecule has 1 atom stereocenters. The molecular weight excluding hydrogens is 475 g/mol. The Labute approximate surface area is 195 Å². The number of hydrogen-bond acceptors (Lipinski definition) is 5. The van der Waals surface area contributed by atoms with Crippen molar-refractivity contribution in [3.63, 3.8) is 0 Å². The molecule has 168 valence electrons. The molecule has 1 aliphatic rings. The maximum absolute atomic E-state index is 13.2. The van der Waals surface area contributed by atoms with Crippen molar-refractivity contribution in [2.24, 2.45) is 0 Å². The van der Waals surface area contributed by atoms with Crippen molar-refractivity contribution in [3.8, 4) is 5.75 Å². The van der Waals surface area contributed by atoms with Crippen LogP contribution in [-0.4, -0.2) is 41.4 Å². The lowest BCUT2D eigenvalue weighted by Crippen LogP contribution is -2.40. The van der Waals surface area contributed by atoms with E-state index in [0.717, 1.165) is 15.4 Å². The van der Waals surface area contributed by atoms with Crippen LogP contribution in [0.25, 0.3) is 10.9 Å². The highest BCUT2D eigenvalue weighted by Gasteiger charge is 2.40. The van der Waals surface area contributed by atoms with Crippen LogP contribution >= 0.6 is 23.2 Å². The monoisotopic (exact) mass is 494 g/mol. The second-order valence-electron chi connectivity index (χ2n) is 7.52. The Bertz CT molecular complexity index is 1310. The number of benzene rings is 2. The number of aromatic nitrogens is 1. The average Bonchev–Trinajstić information content (AvgIpc) is 3.25. The SMILES string of the molecule is Cc1ccc2cccc(OCc3c(Cl)ccc(S(=O)(=O)N4CCCC4C(=O)O)c3Cl)c2n1. The summed E-state index contributed by atoms with van der Waals surface area (Å²) in [5.74, 6) is -0.671. The molecule has 2 aromatic carbocycles. The number of halogens is 2. The van der Waals surface area contributed by atoms with Gasteiger partial charge in [0, 0.05) is 28.2 Å². The third-order valence-corrected chi connectivity index (χ3v) is 8.27. The first-order valence-corrected chi connectivity index (χ1v) is 12.1. The van der Waals surface area contributed by atoms with Crippen molar-refractivity contribution in [2.45, 2.75) is 37.3 Å². The Balaban J connectivity index is 1.68. The summed E-state index contributed by atoms with van der Waals surface area (Å²) in [6, 6.07) is 11.0. The van der Waals surface area contributed by atoms with Gasteiger partial charge in [0.05, 0.1) is 5.02 Å². The van der Waals surface area contributed by atoms with Gasteiger partial charge in [-0.3, -0.25) is 4.79 Å². The molecule has 2 heterocycles. The predicted octanol–water partition coefficient (Wildman–Crippen LogP) is 4.67. The zero-order valence-electron chi connectivity index (χ0n) is 17.1. The lowest BCUT2D eigenvalue weighted by atomic mass is 10.2. The number of carboxylic acid groups (broad SMARTS) is 1. The minimum Gasteiger partial charge on any atom is -0.487 e.